The number of halogens is 1. The third-order valence-electron chi connectivity index (χ3n) is 2.31. The number of nitrogens with one attached hydrogen (secondary N) is 1. The largest absolute Gasteiger partial charge is 0.393 e. The average Bonchev–Trinajstić information content (AvgIpc) is 2.43. The van der Waals surface area contributed by atoms with E-state index in [1.165, 1.54) is 4.88 Å². The normalized spacial score (nSPS) is 27.2. The van der Waals surface area contributed by atoms with Gasteiger partial charge in [0.15, 0.2) is 0 Å². The number of rotatable bonds is 3. The first-order chi connectivity index (χ1) is 6.24. The summed E-state index contributed by atoms with van der Waals surface area (Å²) < 4.78 is 0.838. The fraction of sp³-hybridized carbons (Fsp3) is 0.556. The molecule has 0 spiro atoms. The molecule has 1 aliphatic carbocycles. The summed E-state index contributed by atoms with van der Waals surface area (Å²) in [5.74, 6) is 0. The molecular weight excluding hydrogens is 206 g/mol. The summed E-state index contributed by atoms with van der Waals surface area (Å²) in [6.45, 7) is 0.870. The molecule has 0 radical (unpaired) electrons. The van der Waals surface area contributed by atoms with Gasteiger partial charge in [-0.25, -0.2) is 0 Å². The zero-order valence-electron chi connectivity index (χ0n) is 7.16. The lowest BCUT2D eigenvalue weighted by molar-refractivity contribution is 0.0620. The van der Waals surface area contributed by atoms with E-state index >= 15 is 0 Å². The van der Waals surface area contributed by atoms with Crippen LogP contribution in [0, 0.1) is 0 Å². The van der Waals surface area contributed by atoms with Crippen LogP contribution in [0.4, 0.5) is 0 Å². The lowest BCUT2D eigenvalue weighted by atomic mass is 9.89. The van der Waals surface area contributed by atoms with Crippen molar-refractivity contribution in [3.8, 4) is 0 Å². The van der Waals surface area contributed by atoms with E-state index in [1.807, 2.05) is 12.1 Å². The second-order valence-corrected chi connectivity index (χ2v) is 5.21. The molecule has 4 heteroatoms. The molecule has 0 amide bonds. The molecule has 1 heterocycles. The fourth-order valence-corrected chi connectivity index (χ4v) is 2.48. The van der Waals surface area contributed by atoms with Crippen molar-refractivity contribution in [2.45, 2.75) is 31.5 Å². The molecule has 1 aliphatic rings. The SMILES string of the molecule is OC1CC(NCc2ccc(Cl)s2)C1. The van der Waals surface area contributed by atoms with Crippen molar-refractivity contribution in [3.63, 3.8) is 0 Å². The third kappa shape index (κ3) is 2.44. The molecule has 2 nitrogen and oxygen atoms in total. The summed E-state index contributed by atoms with van der Waals surface area (Å²) in [4.78, 5) is 1.26. The zero-order valence-corrected chi connectivity index (χ0v) is 8.74. The molecule has 2 rings (SSSR count). The van der Waals surface area contributed by atoms with Crippen molar-refractivity contribution in [1.82, 2.24) is 5.32 Å². The predicted octanol–water partition coefficient (Wildman–Crippen LogP) is 2.01. The van der Waals surface area contributed by atoms with Crippen LogP contribution in [-0.4, -0.2) is 17.3 Å². The maximum atomic E-state index is 9.06. The minimum absolute atomic E-state index is 0.0792. The van der Waals surface area contributed by atoms with E-state index in [0.29, 0.717) is 6.04 Å². The Balaban J connectivity index is 1.74. The maximum Gasteiger partial charge on any atom is 0.0931 e. The van der Waals surface area contributed by atoms with Crippen LogP contribution < -0.4 is 5.32 Å². The Labute approximate surface area is 86.5 Å². The van der Waals surface area contributed by atoms with E-state index in [9.17, 15) is 0 Å². The van der Waals surface area contributed by atoms with Crippen molar-refractivity contribution in [3.05, 3.63) is 21.3 Å². The van der Waals surface area contributed by atoms with E-state index in [0.717, 1.165) is 23.7 Å². The Morgan fingerprint density at radius 3 is 2.85 bits per heavy atom. The monoisotopic (exact) mass is 217 g/mol. The minimum atomic E-state index is -0.0792. The number of aliphatic hydroxyl groups is 1. The minimum Gasteiger partial charge on any atom is -0.393 e. The van der Waals surface area contributed by atoms with Gasteiger partial charge in [0.25, 0.3) is 0 Å². The van der Waals surface area contributed by atoms with Crippen molar-refractivity contribution >= 4 is 22.9 Å². The summed E-state index contributed by atoms with van der Waals surface area (Å²) in [5, 5.41) is 12.4. The van der Waals surface area contributed by atoms with Crippen LogP contribution in [0.2, 0.25) is 4.34 Å². The molecule has 72 valence electrons. The second-order valence-electron chi connectivity index (χ2n) is 3.41. The van der Waals surface area contributed by atoms with E-state index in [2.05, 4.69) is 5.32 Å². The van der Waals surface area contributed by atoms with Crippen molar-refractivity contribution in [2.24, 2.45) is 0 Å². The number of aliphatic hydroxyl groups excluding tert-OH is 1. The van der Waals surface area contributed by atoms with Gasteiger partial charge >= 0.3 is 0 Å². The molecule has 1 fully saturated rings. The maximum absolute atomic E-state index is 9.06. The van der Waals surface area contributed by atoms with E-state index in [-0.39, 0.29) is 6.10 Å². The summed E-state index contributed by atoms with van der Waals surface area (Å²) in [6, 6.07) is 4.45. The van der Waals surface area contributed by atoms with Gasteiger partial charge < -0.3 is 10.4 Å². The quantitative estimate of drug-likeness (QED) is 0.812. The Kier molecular flexibility index (Phi) is 2.89. The third-order valence-corrected chi connectivity index (χ3v) is 3.54. The topological polar surface area (TPSA) is 32.3 Å². The first-order valence-electron chi connectivity index (χ1n) is 4.39. The van der Waals surface area contributed by atoms with Gasteiger partial charge in [-0.2, -0.15) is 0 Å². The molecule has 0 bridgehead atoms. The molecule has 1 aromatic heterocycles. The Morgan fingerprint density at radius 1 is 1.54 bits per heavy atom. The first-order valence-corrected chi connectivity index (χ1v) is 5.59. The summed E-state index contributed by atoms with van der Waals surface area (Å²) >= 11 is 7.40. The van der Waals surface area contributed by atoms with Crippen LogP contribution >= 0.6 is 22.9 Å². The number of hydrogen-bond donors (Lipinski definition) is 2. The van der Waals surface area contributed by atoms with Crippen LogP contribution in [0.1, 0.15) is 17.7 Å². The fourth-order valence-electron chi connectivity index (χ4n) is 1.45. The highest BCUT2D eigenvalue weighted by atomic mass is 35.5. The first kappa shape index (κ1) is 9.46. The molecule has 13 heavy (non-hydrogen) atoms. The Morgan fingerprint density at radius 2 is 2.31 bits per heavy atom. The highest BCUT2D eigenvalue weighted by Crippen LogP contribution is 2.23. The molecule has 0 unspecified atom stereocenters. The summed E-state index contributed by atoms with van der Waals surface area (Å²) in [7, 11) is 0. The lowest BCUT2D eigenvalue weighted by Crippen LogP contribution is -2.43. The van der Waals surface area contributed by atoms with Crippen LogP contribution in [0.5, 0.6) is 0 Å². The Hall–Kier alpha value is -0.0900. The van der Waals surface area contributed by atoms with E-state index in [1.54, 1.807) is 11.3 Å². The number of thiophene rings is 1. The molecular formula is C9H12ClNOS. The van der Waals surface area contributed by atoms with Crippen LogP contribution in [0.3, 0.4) is 0 Å². The molecule has 1 aromatic rings. The van der Waals surface area contributed by atoms with Gasteiger partial charge in [-0.3, -0.25) is 0 Å². The molecule has 1 saturated carbocycles. The summed E-state index contributed by atoms with van der Waals surface area (Å²) in [5.41, 5.74) is 0. The van der Waals surface area contributed by atoms with Gasteiger partial charge in [0.05, 0.1) is 10.4 Å². The smallest absolute Gasteiger partial charge is 0.0931 e. The van der Waals surface area contributed by atoms with Crippen molar-refractivity contribution < 1.29 is 5.11 Å². The van der Waals surface area contributed by atoms with Gasteiger partial charge in [0.1, 0.15) is 0 Å². The molecule has 0 saturated heterocycles. The van der Waals surface area contributed by atoms with Gasteiger partial charge in [-0.15, -0.1) is 11.3 Å². The summed E-state index contributed by atoms with van der Waals surface area (Å²) in [6.07, 6.45) is 1.70. The predicted molar refractivity (Wildman–Crippen MR) is 55.2 cm³/mol. The van der Waals surface area contributed by atoms with Gasteiger partial charge in [0.2, 0.25) is 0 Å². The van der Waals surface area contributed by atoms with E-state index < -0.39 is 0 Å². The lowest BCUT2D eigenvalue weighted by Gasteiger charge is -2.31. The van der Waals surface area contributed by atoms with Crippen molar-refractivity contribution in [1.29, 1.82) is 0 Å². The standard InChI is InChI=1S/C9H12ClNOS/c10-9-2-1-8(13-9)5-11-6-3-7(12)4-6/h1-2,6-7,11-12H,3-5H2. The van der Waals surface area contributed by atoms with Crippen LogP contribution in [0.15, 0.2) is 12.1 Å². The molecule has 0 atom stereocenters. The highest BCUT2D eigenvalue weighted by molar-refractivity contribution is 7.16. The number of hydrogen-bond acceptors (Lipinski definition) is 3. The van der Waals surface area contributed by atoms with Gasteiger partial charge in [-0.1, -0.05) is 11.6 Å². The molecule has 2 N–H and O–H groups in total. The second kappa shape index (κ2) is 3.96. The average molecular weight is 218 g/mol. The zero-order chi connectivity index (χ0) is 9.26. The van der Waals surface area contributed by atoms with Gasteiger partial charge in [-0.05, 0) is 25.0 Å². The van der Waals surface area contributed by atoms with Crippen LogP contribution in [-0.2, 0) is 6.54 Å². The molecule has 0 aliphatic heterocycles. The Bertz CT molecular complexity index is 283. The van der Waals surface area contributed by atoms with Gasteiger partial charge in [0, 0.05) is 17.5 Å². The van der Waals surface area contributed by atoms with Crippen LogP contribution in [0.25, 0.3) is 0 Å². The van der Waals surface area contributed by atoms with E-state index in [4.69, 9.17) is 16.7 Å². The van der Waals surface area contributed by atoms with Crippen molar-refractivity contribution in [2.75, 3.05) is 0 Å². The molecule has 0 aromatic carbocycles. The highest BCUT2D eigenvalue weighted by Gasteiger charge is 2.26.